The molecule has 1 N–H and O–H groups in total. The van der Waals surface area contributed by atoms with Crippen molar-refractivity contribution in [1.82, 2.24) is 9.88 Å². The maximum absolute atomic E-state index is 11.1. The summed E-state index contributed by atoms with van der Waals surface area (Å²) in [6.45, 7) is 1.97. The van der Waals surface area contributed by atoms with Gasteiger partial charge in [-0.15, -0.1) is 0 Å². The number of nitro groups is 1. The number of carboxylic acids is 1. The van der Waals surface area contributed by atoms with Crippen LogP contribution in [0.4, 0.5) is 11.5 Å². The fourth-order valence-electron chi connectivity index (χ4n) is 2.22. The molecule has 0 saturated carbocycles. The number of aliphatic carboxylic acids is 1. The summed E-state index contributed by atoms with van der Waals surface area (Å²) < 4.78 is 5.01. The number of anilines is 1. The van der Waals surface area contributed by atoms with Crippen molar-refractivity contribution in [3.63, 3.8) is 0 Å². The van der Waals surface area contributed by atoms with Crippen LogP contribution in [0.5, 0.6) is 5.88 Å². The molecule has 0 aromatic carbocycles. The highest BCUT2D eigenvalue weighted by atomic mass is 16.6. The second kappa shape index (κ2) is 6.35. The monoisotopic (exact) mass is 296 g/mol. The zero-order valence-corrected chi connectivity index (χ0v) is 11.6. The van der Waals surface area contributed by atoms with Gasteiger partial charge in [0, 0.05) is 38.3 Å². The van der Waals surface area contributed by atoms with Crippen LogP contribution in [0.15, 0.2) is 12.1 Å². The number of methoxy groups -OCH3 is 1. The molecule has 0 unspecified atom stereocenters. The van der Waals surface area contributed by atoms with Crippen molar-refractivity contribution in [2.24, 2.45) is 0 Å². The molecule has 9 nitrogen and oxygen atoms in total. The van der Waals surface area contributed by atoms with E-state index in [0.717, 1.165) is 0 Å². The Balaban J connectivity index is 2.15. The average Bonchev–Trinajstić information content (AvgIpc) is 2.46. The Kier molecular flexibility index (Phi) is 4.53. The summed E-state index contributed by atoms with van der Waals surface area (Å²) in [5.74, 6) is -0.313. The quantitative estimate of drug-likeness (QED) is 0.606. The lowest BCUT2D eigenvalue weighted by atomic mass is 10.3. The molecule has 0 radical (unpaired) electrons. The minimum absolute atomic E-state index is 0.0263. The lowest BCUT2D eigenvalue weighted by Crippen LogP contribution is -2.48. The molecule has 1 fully saturated rings. The largest absolute Gasteiger partial charge is 0.481 e. The van der Waals surface area contributed by atoms with Crippen LogP contribution in [0.25, 0.3) is 0 Å². The minimum atomic E-state index is -0.881. The first kappa shape index (κ1) is 15.0. The fraction of sp³-hybridized carbons (Fsp3) is 0.500. The molecule has 21 heavy (non-hydrogen) atoms. The predicted octanol–water partition coefficient (Wildman–Crippen LogP) is 0.205. The standard InChI is InChI=1S/C12H16N4O5/c1-21-10-3-2-9(16(19)20)12(13-10)15-6-4-14(5-7-15)8-11(17)18/h2-3H,4-8H2,1H3,(H,17,18). The molecule has 0 spiro atoms. The summed E-state index contributed by atoms with van der Waals surface area (Å²) >= 11 is 0. The van der Waals surface area contributed by atoms with E-state index in [2.05, 4.69) is 4.98 Å². The highest BCUT2D eigenvalue weighted by molar-refractivity contribution is 5.69. The highest BCUT2D eigenvalue weighted by Crippen LogP contribution is 2.29. The Morgan fingerprint density at radius 1 is 1.43 bits per heavy atom. The number of carbonyl (C=O) groups is 1. The van der Waals surface area contributed by atoms with Gasteiger partial charge in [-0.3, -0.25) is 19.8 Å². The van der Waals surface area contributed by atoms with Gasteiger partial charge in [0.05, 0.1) is 18.6 Å². The first-order valence-corrected chi connectivity index (χ1v) is 6.40. The molecule has 1 aromatic rings. The molecule has 1 aliphatic rings. The van der Waals surface area contributed by atoms with Crippen molar-refractivity contribution < 1.29 is 19.6 Å². The van der Waals surface area contributed by atoms with Crippen LogP contribution >= 0.6 is 0 Å². The molecule has 2 rings (SSSR count). The summed E-state index contributed by atoms with van der Waals surface area (Å²) in [5.41, 5.74) is -0.0810. The van der Waals surface area contributed by atoms with E-state index in [0.29, 0.717) is 32.1 Å². The van der Waals surface area contributed by atoms with Gasteiger partial charge in [0.2, 0.25) is 11.7 Å². The van der Waals surface area contributed by atoms with Crippen molar-refractivity contribution in [3.8, 4) is 5.88 Å². The number of ether oxygens (including phenoxy) is 1. The molecule has 1 aliphatic heterocycles. The Labute approximate surface area is 120 Å². The number of piperazine rings is 1. The topological polar surface area (TPSA) is 109 Å². The molecular weight excluding hydrogens is 280 g/mol. The maximum atomic E-state index is 11.1. The third kappa shape index (κ3) is 3.57. The van der Waals surface area contributed by atoms with E-state index in [4.69, 9.17) is 9.84 Å². The van der Waals surface area contributed by atoms with Gasteiger partial charge >= 0.3 is 11.7 Å². The first-order chi connectivity index (χ1) is 10.0. The first-order valence-electron chi connectivity index (χ1n) is 6.40. The summed E-state index contributed by atoms with van der Waals surface area (Å²) in [4.78, 5) is 29.0. The zero-order valence-electron chi connectivity index (χ0n) is 11.6. The molecule has 0 atom stereocenters. The van der Waals surface area contributed by atoms with Gasteiger partial charge < -0.3 is 14.7 Å². The molecule has 9 heteroatoms. The van der Waals surface area contributed by atoms with Crippen LogP contribution in [0.3, 0.4) is 0 Å². The van der Waals surface area contributed by atoms with E-state index in [1.807, 2.05) is 0 Å². The van der Waals surface area contributed by atoms with Crippen LogP contribution in [0.2, 0.25) is 0 Å². The normalized spacial score (nSPS) is 15.8. The van der Waals surface area contributed by atoms with Crippen LogP contribution in [-0.2, 0) is 4.79 Å². The summed E-state index contributed by atoms with van der Waals surface area (Å²) in [7, 11) is 1.45. The molecule has 1 saturated heterocycles. The minimum Gasteiger partial charge on any atom is -0.481 e. The number of nitrogens with zero attached hydrogens (tertiary/aromatic N) is 4. The molecular formula is C12H16N4O5. The van der Waals surface area contributed by atoms with Crippen molar-refractivity contribution in [1.29, 1.82) is 0 Å². The van der Waals surface area contributed by atoms with Crippen LogP contribution in [-0.4, -0.2) is 65.7 Å². The van der Waals surface area contributed by atoms with E-state index in [-0.39, 0.29) is 18.1 Å². The third-order valence-corrected chi connectivity index (χ3v) is 3.27. The molecule has 2 heterocycles. The van der Waals surface area contributed by atoms with Gasteiger partial charge in [-0.2, -0.15) is 4.98 Å². The lowest BCUT2D eigenvalue weighted by molar-refractivity contribution is -0.384. The molecule has 0 aliphatic carbocycles. The number of pyridine rings is 1. The Morgan fingerprint density at radius 3 is 2.62 bits per heavy atom. The van der Waals surface area contributed by atoms with E-state index >= 15 is 0 Å². The van der Waals surface area contributed by atoms with Crippen molar-refractivity contribution in [3.05, 3.63) is 22.2 Å². The Bertz CT molecular complexity index is 542. The van der Waals surface area contributed by atoms with Crippen LogP contribution < -0.4 is 9.64 Å². The van der Waals surface area contributed by atoms with E-state index < -0.39 is 10.9 Å². The van der Waals surface area contributed by atoms with Gasteiger partial charge in [-0.25, -0.2) is 0 Å². The Morgan fingerprint density at radius 2 is 2.10 bits per heavy atom. The number of hydrogen-bond donors (Lipinski definition) is 1. The van der Waals surface area contributed by atoms with Crippen LogP contribution in [0, 0.1) is 10.1 Å². The third-order valence-electron chi connectivity index (χ3n) is 3.27. The maximum Gasteiger partial charge on any atom is 0.317 e. The number of aromatic nitrogens is 1. The second-order valence-corrected chi connectivity index (χ2v) is 4.61. The molecule has 0 amide bonds. The summed E-state index contributed by atoms with van der Waals surface area (Å²) in [6, 6.07) is 2.81. The number of hydrogen-bond acceptors (Lipinski definition) is 7. The summed E-state index contributed by atoms with van der Waals surface area (Å²) in [6.07, 6.45) is 0. The van der Waals surface area contributed by atoms with Crippen molar-refractivity contribution in [2.45, 2.75) is 0 Å². The van der Waals surface area contributed by atoms with Gasteiger partial charge in [0.25, 0.3) is 0 Å². The number of rotatable bonds is 5. The SMILES string of the molecule is COc1ccc([N+](=O)[O-])c(N2CCN(CC(=O)O)CC2)n1. The van der Waals surface area contributed by atoms with Crippen molar-refractivity contribution >= 4 is 17.5 Å². The second-order valence-electron chi connectivity index (χ2n) is 4.61. The molecule has 0 bridgehead atoms. The van der Waals surface area contributed by atoms with E-state index in [1.165, 1.54) is 19.2 Å². The predicted molar refractivity (Wildman–Crippen MR) is 73.7 cm³/mol. The summed E-state index contributed by atoms with van der Waals surface area (Å²) in [5, 5.41) is 19.8. The van der Waals surface area contributed by atoms with Gasteiger partial charge in [0.1, 0.15) is 0 Å². The fourth-order valence-corrected chi connectivity index (χ4v) is 2.22. The van der Waals surface area contributed by atoms with E-state index in [1.54, 1.807) is 9.80 Å². The smallest absolute Gasteiger partial charge is 0.317 e. The van der Waals surface area contributed by atoms with E-state index in [9.17, 15) is 14.9 Å². The zero-order chi connectivity index (χ0) is 15.4. The highest BCUT2D eigenvalue weighted by Gasteiger charge is 2.26. The average molecular weight is 296 g/mol. The van der Waals surface area contributed by atoms with Gasteiger partial charge in [-0.05, 0) is 0 Å². The lowest BCUT2D eigenvalue weighted by Gasteiger charge is -2.34. The van der Waals surface area contributed by atoms with Crippen LogP contribution in [0.1, 0.15) is 0 Å². The van der Waals surface area contributed by atoms with Gasteiger partial charge in [-0.1, -0.05) is 0 Å². The number of carboxylic acid groups (broad SMARTS) is 1. The Hall–Kier alpha value is -2.42. The van der Waals surface area contributed by atoms with Crippen molar-refractivity contribution in [2.75, 3.05) is 44.7 Å². The molecule has 1 aromatic heterocycles. The van der Waals surface area contributed by atoms with Gasteiger partial charge in [0.15, 0.2) is 0 Å². The molecule has 114 valence electrons.